The number of benzene rings is 1. The van der Waals surface area contributed by atoms with Crippen LogP contribution in [0.2, 0.25) is 0 Å². The molecular formula is C18H23N3O5. The molecule has 1 aromatic carbocycles. The van der Waals surface area contributed by atoms with Crippen LogP contribution in [0, 0.1) is 0 Å². The van der Waals surface area contributed by atoms with Crippen LogP contribution in [-0.4, -0.2) is 86.8 Å². The maximum absolute atomic E-state index is 12.9. The molecule has 0 bridgehead atoms. The number of hydrogen-bond acceptors (Lipinski definition) is 6. The van der Waals surface area contributed by atoms with Gasteiger partial charge in [0.25, 0.3) is 5.91 Å². The lowest BCUT2D eigenvalue weighted by atomic mass is 9.89. The van der Waals surface area contributed by atoms with E-state index in [1.165, 1.54) is 0 Å². The van der Waals surface area contributed by atoms with Gasteiger partial charge in [-0.05, 0) is 19.2 Å². The van der Waals surface area contributed by atoms with Gasteiger partial charge in [0.1, 0.15) is 24.9 Å². The Morgan fingerprint density at radius 2 is 1.96 bits per heavy atom. The van der Waals surface area contributed by atoms with Crippen LogP contribution in [0.1, 0.15) is 10.4 Å². The number of nitrogens with one attached hydrogen (secondary N) is 1. The van der Waals surface area contributed by atoms with Crippen molar-refractivity contribution < 1.29 is 23.8 Å². The molecule has 3 aliphatic heterocycles. The van der Waals surface area contributed by atoms with Crippen molar-refractivity contribution >= 4 is 11.8 Å². The molecule has 4 rings (SSSR count). The van der Waals surface area contributed by atoms with E-state index in [1.807, 2.05) is 11.9 Å². The van der Waals surface area contributed by atoms with E-state index in [-0.39, 0.29) is 17.9 Å². The van der Waals surface area contributed by atoms with Crippen molar-refractivity contribution in [3.8, 4) is 11.5 Å². The SMILES string of the molecule is CNC(=O)C1COC2(CN(C(=O)c3cccc4c3OCCO4)C2)CN1C. The molecule has 2 fully saturated rings. The third-order valence-electron chi connectivity index (χ3n) is 5.21. The van der Waals surface area contributed by atoms with Crippen LogP contribution in [0.4, 0.5) is 0 Å². The largest absolute Gasteiger partial charge is 0.486 e. The maximum Gasteiger partial charge on any atom is 0.257 e. The number of likely N-dealkylation sites (N-methyl/N-ethyl adjacent to an activating group) is 2. The van der Waals surface area contributed by atoms with Crippen molar-refractivity contribution in [3.05, 3.63) is 23.8 Å². The van der Waals surface area contributed by atoms with Gasteiger partial charge < -0.3 is 24.4 Å². The Labute approximate surface area is 152 Å². The van der Waals surface area contributed by atoms with Crippen LogP contribution in [0.25, 0.3) is 0 Å². The standard InChI is InChI=1S/C18H23N3O5/c1-19-16(22)13-8-26-18(9-20(13)2)10-21(11-18)17(23)12-4-3-5-14-15(12)25-7-6-24-14/h3-5,13H,6-11H2,1-2H3,(H,19,22). The zero-order chi connectivity index (χ0) is 18.3. The van der Waals surface area contributed by atoms with Crippen molar-refractivity contribution in [3.63, 3.8) is 0 Å². The molecule has 0 radical (unpaired) electrons. The highest BCUT2D eigenvalue weighted by atomic mass is 16.6. The summed E-state index contributed by atoms with van der Waals surface area (Å²) in [6.07, 6.45) is 0. The van der Waals surface area contributed by atoms with E-state index in [4.69, 9.17) is 14.2 Å². The molecule has 26 heavy (non-hydrogen) atoms. The van der Waals surface area contributed by atoms with Gasteiger partial charge in [0.15, 0.2) is 11.5 Å². The summed E-state index contributed by atoms with van der Waals surface area (Å²) in [5, 5.41) is 2.66. The van der Waals surface area contributed by atoms with E-state index >= 15 is 0 Å². The summed E-state index contributed by atoms with van der Waals surface area (Å²) in [4.78, 5) is 28.5. The molecule has 0 saturated carbocycles. The number of likely N-dealkylation sites (tertiary alicyclic amines) is 1. The fourth-order valence-electron chi connectivity index (χ4n) is 3.83. The predicted octanol–water partition coefficient (Wildman–Crippen LogP) is -0.271. The Bertz CT molecular complexity index is 732. The number of para-hydroxylation sites is 1. The quantitative estimate of drug-likeness (QED) is 0.781. The highest BCUT2D eigenvalue weighted by molar-refractivity contribution is 5.98. The second kappa shape index (κ2) is 6.44. The number of hydrogen-bond donors (Lipinski definition) is 1. The summed E-state index contributed by atoms with van der Waals surface area (Å²) in [5.41, 5.74) is 0.116. The summed E-state index contributed by atoms with van der Waals surface area (Å²) in [6, 6.07) is 5.08. The van der Waals surface area contributed by atoms with Crippen LogP contribution in [0.5, 0.6) is 11.5 Å². The number of carbonyl (C=O) groups excluding carboxylic acids is 2. The second-order valence-electron chi connectivity index (χ2n) is 7.03. The lowest BCUT2D eigenvalue weighted by Gasteiger charge is -2.54. The Kier molecular flexibility index (Phi) is 4.24. The smallest absolute Gasteiger partial charge is 0.257 e. The number of ether oxygens (including phenoxy) is 3. The number of fused-ring (bicyclic) bond motifs is 1. The second-order valence-corrected chi connectivity index (χ2v) is 7.03. The van der Waals surface area contributed by atoms with Gasteiger partial charge in [0.2, 0.25) is 5.91 Å². The van der Waals surface area contributed by atoms with E-state index in [0.717, 1.165) is 0 Å². The minimum atomic E-state index is -0.402. The molecule has 1 spiro atoms. The lowest BCUT2D eigenvalue weighted by Crippen LogP contribution is -2.73. The van der Waals surface area contributed by atoms with Crippen molar-refractivity contribution in [1.29, 1.82) is 0 Å². The van der Waals surface area contributed by atoms with Crippen molar-refractivity contribution in [2.45, 2.75) is 11.6 Å². The highest BCUT2D eigenvalue weighted by Gasteiger charge is 2.51. The third-order valence-corrected chi connectivity index (χ3v) is 5.21. The van der Waals surface area contributed by atoms with E-state index in [0.29, 0.717) is 56.5 Å². The molecule has 1 N–H and O–H groups in total. The van der Waals surface area contributed by atoms with Crippen molar-refractivity contribution in [2.75, 3.05) is 53.6 Å². The van der Waals surface area contributed by atoms with E-state index in [2.05, 4.69) is 5.32 Å². The molecule has 1 unspecified atom stereocenters. The molecule has 3 heterocycles. The Morgan fingerprint density at radius 1 is 1.19 bits per heavy atom. The van der Waals surface area contributed by atoms with Crippen LogP contribution in [-0.2, 0) is 9.53 Å². The summed E-state index contributed by atoms with van der Waals surface area (Å²) in [7, 11) is 3.53. The fraction of sp³-hybridized carbons (Fsp3) is 0.556. The molecule has 2 amide bonds. The molecule has 1 aromatic rings. The minimum absolute atomic E-state index is 0.0531. The number of morpholine rings is 1. The topological polar surface area (TPSA) is 80.3 Å². The molecule has 140 valence electrons. The molecule has 1 atom stereocenters. The average molecular weight is 361 g/mol. The molecular weight excluding hydrogens is 338 g/mol. The molecule has 3 aliphatic rings. The van der Waals surface area contributed by atoms with Crippen LogP contribution >= 0.6 is 0 Å². The number of nitrogens with zero attached hydrogens (tertiary/aromatic N) is 2. The summed E-state index contributed by atoms with van der Waals surface area (Å²) < 4.78 is 17.2. The third kappa shape index (κ3) is 2.79. The lowest BCUT2D eigenvalue weighted by molar-refractivity contribution is -0.187. The van der Waals surface area contributed by atoms with Gasteiger partial charge in [0.05, 0.1) is 25.3 Å². The van der Waals surface area contributed by atoms with Gasteiger partial charge >= 0.3 is 0 Å². The highest BCUT2D eigenvalue weighted by Crippen LogP contribution is 2.37. The first-order valence-electron chi connectivity index (χ1n) is 8.77. The van der Waals surface area contributed by atoms with Gasteiger partial charge in [0, 0.05) is 13.6 Å². The number of rotatable bonds is 2. The molecule has 8 nitrogen and oxygen atoms in total. The molecule has 0 aliphatic carbocycles. The molecule has 8 heteroatoms. The Hall–Kier alpha value is -2.32. The van der Waals surface area contributed by atoms with Gasteiger partial charge in [-0.2, -0.15) is 0 Å². The summed E-state index contributed by atoms with van der Waals surface area (Å²) >= 11 is 0. The minimum Gasteiger partial charge on any atom is -0.486 e. The zero-order valence-corrected chi connectivity index (χ0v) is 15.0. The zero-order valence-electron chi connectivity index (χ0n) is 15.0. The van der Waals surface area contributed by atoms with E-state index in [9.17, 15) is 9.59 Å². The van der Waals surface area contributed by atoms with Crippen LogP contribution in [0.3, 0.4) is 0 Å². The van der Waals surface area contributed by atoms with Crippen LogP contribution in [0.15, 0.2) is 18.2 Å². The van der Waals surface area contributed by atoms with Gasteiger partial charge in [-0.1, -0.05) is 6.07 Å². The van der Waals surface area contributed by atoms with Crippen LogP contribution < -0.4 is 14.8 Å². The average Bonchev–Trinajstić information content (AvgIpc) is 2.64. The number of carbonyl (C=O) groups is 2. The van der Waals surface area contributed by atoms with Crippen molar-refractivity contribution in [2.24, 2.45) is 0 Å². The Balaban J connectivity index is 1.43. The summed E-state index contributed by atoms with van der Waals surface area (Å²) in [5.74, 6) is 0.991. The Morgan fingerprint density at radius 3 is 2.69 bits per heavy atom. The first-order valence-corrected chi connectivity index (χ1v) is 8.77. The molecule has 2 saturated heterocycles. The van der Waals surface area contributed by atoms with Gasteiger partial charge in [-0.15, -0.1) is 0 Å². The van der Waals surface area contributed by atoms with Gasteiger partial charge in [-0.25, -0.2) is 0 Å². The molecule has 0 aromatic heterocycles. The van der Waals surface area contributed by atoms with Gasteiger partial charge in [-0.3, -0.25) is 14.5 Å². The van der Waals surface area contributed by atoms with E-state index in [1.54, 1.807) is 30.1 Å². The van der Waals surface area contributed by atoms with Crippen molar-refractivity contribution in [1.82, 2.24) is 15.1 Å². The first kappa shape index (κ1) is 17.1. The normalized spacial score (nSPS) is 24.1. The summed E-state index contributed by atoms with van der Waals surface area (Å²) in [6.45, 7) is 2.87. The number of amides is 2. The maximum atomic E-state index is 12.9. The fourth-order valence-corrected chi connectivity index (χ4v) is 3.83. The predicted molar refractivity (Wildman–Crippen MR) is 92.5 cm³/mol. The first-order chi connectivity index (χ1) is 12.5. The monoisotopic (exact) mass is 361 g/mol. The van der Waals surface area contributed by atoms with E-state index < -0.39 is 5.60 Å².